The molecular formula is C17H20FN5O3S2. The first-order chi connectivity index (χ1) is 13.3. The second-order valence-electron chi connectivity index (χ2n) is 6.22. The lowest BCUT2D eigenvalue weighted by Gasteiger charge is -2.34. The van der Waals surface area contributed by atoms with E-state index in [9.17, 15) is 17.6 Å². The normalized spacial score (nSPS) is 15.6. The topological polar surface area (TPSA) is 109 Å². The number of piperazine rings is 1. The maximum Gasteiger partial charge on any atom is 0.246 e. The van der Waals surface area contributed by atoms with E-state index in [-0.39, 0.29) is 42.7 Å². The number of anilines is 1. The highest BCUT2D eigenvalue weighted by molar-refractivity contribution is 7.99. The zero-order chi connectivity index (χ0) is 20.3. The van der Waals surface area contributed by atoms with Crippen molar-refractivity contribution in [3.05, 3.63) is 41.8 Å². The summed E-state index contributed by atoms with van der Waals surface area (Å²) in [5.74, 6) is -0.455. The number of amides is 1. The van der Waals surface area contributed by atoms with Crippen molar-refractivity contribution < 1.29 is 17.6 Å². The fraction of sp³-hybridized carbons (Fsp3) is 0.353. The van der Waals surface area contributed by atoms with Crippen LogP contribution in [0.3, 0.4) is 0 Å². The van der Waals surface area contributed by atoms with Gasteiger partial charge in [0.05, 0.1) is 5.75 Å². The zero-order valence-corrected chi connectivity index (χ0v) is 16.8. The molecule has 2 N–H and O–H groups in total. The van der Waals surface area contributed by atoms with Crippen LogP contribution in [0.4, 0.5) is 10.2 Å². The molecule has 0 saturated carbocycles. The van der Waals surface area contributed by atoms with Crippen LogP contribution in [0.1, 0.15) is 5.69 Å². The molecule has 8 nitrogen and oxygen atoms in total. The van der Waals surface area contributed by atoms with Crippen LogP contribution in [0.15, 0.2) is 40.4 Å². The minimum atomic E-state index is -3.93. The van der Waals surface area contributed by atoms with E-state index in [0.29, 0.717) is 11.0 Å². The highest BCUT2D eigenvalue weighted by Gasteiger charge is 2.31. The second kappa shape index (κ2) is 8.41. The van der Waals surface area contributed by atoms with E-state index in [2.05, 4.69) is 9.97 Å². The average Bonchev–Trinajstić information content (AvgIpc) is 2.65. The van der Waals surface area contributed by atoms with Gasteiger partial charge in [-0.2, -0.15) is 4.31 Å². The summed E-state index contributed by atoms with van der Waals surface area (Å²) in [6, 6.07) is 6.92. The summed E-state index contributed by atoms with van der Waals surface area (Å²) in [6.45, 7) is 2.49. The van der Waals surface area contributed by atoms with Crippen LogP contribution in [0.5, 0.6) is 0 Å². The first-order valence-electron chi connectivity index (χ1n) is 8.54. The SMILES string of the molecule is Cc1cc(N)nc(SCC(=O)N2CCN(S(=O)(=O)c3ccccc3F)CC2)n1. The Labute approximate surface area is 167 Å². The second-order valence-corrected chi connectivity index (χ2v) is 9.07. The number of carbonyl (C=O) groups excluding carboxylic acids is 1. The molecule has 150 valence electrons. The molecule has 1 aromatic heterocycles. The van der Waals surface area contributed by atoms with E-state index in [1.165, 1.54) is 34.3 Å². The van der Waals surface area contributed by atoms with Crippen LogP contribution in [0.25, 0.3) is 0 Å². The number of rotatable bonds is 5. The van der Waals surface area contributed by atoms with Crippen molar-refractivity contribution in [3.63, 3.8) is 0 Å². The molecule has 0 aliphatic carbocycles. The van der Waals surface area contributed by atoms with Gasteiger partial charge in [-0.05, 0) is 19.1 Å². The Morgan fingerprint density at radius 2 is 1.89 bits per heavy atom. The predicted molar refractivity (Wildman–Crippen MR) is 104 cm³/mol. The molecule has 11 heteroatoms. The molecule has 0 unspecified atom stereocenters. The minimum absolute atomic E-state index is 0.112. The van der Waals surface area contributed by atoms with Crippen molar-refractivity contribution in [2.24, 2.45) is 0 Å². The van der Waals surface area contributed by atoms with Gasteiger partial charge in [-0.1, -0.05) is 23.9 Å². The van der Waals surface area contributed by atoms with Crippen LogP contribution in [0.2, 0.25) is 0 Å². The first kappa shape index (κ1) is 20.5. The fourth-order valence-corrected chi connectivity index (χ4v) is 5.12. The molecule has 1 saturated heterocycles. The van der Waals surface area contributed by atoms with Crippen molar-refractivity contribution in [1.29, 1.82) is 0 Å². The van der Waals surface area contributed by atoms with Crippen LogP contribution in [-0.2, 0) is 14.8 Å². The predicted octanol–water partition coefficient (Wildman–Crippen LogP) is 1.13. The minimum Gasteiger partial charge on any atom is -0.384 e. The summed E-state index contributed by atoms with van der Waals surface area (Å²) in [5, 5.41) is 0.423. The lowest BCUT2D eigenvalue weighted by atomic mass is 10.3. The van der Waals surface area contributed by atoms with E-state index in [1.807, 2.05) is 0 Å². The number of nitrogens with zero attached hydrogens (tertiary/aromatic N) is 4. The van der Waals surface area contributed by atoms with Gasteiger partial charge in [0.1, 0.15) is 16.5 Å². The number of sulfonamides is 1. The molecule has 0 spiro atoms. The van der Waals surface area contributed by atoms with E-state index in [4.69, 9.17) is 5.73 Å². The Morgan fingerprint density at radius 1 is 1.21 bits per heavy atom. The Bertz CT molecular complexity index is 958. The van der Waals surface area contributed by atoms with E-state index in [1.54, 1.807) is 17.9 Å². The quantitative estimate of drug-likeness (QED) is 0.565. The van der Waals surface area contributed by atoms with Gasteiger partial charge in [0.25, 0.3) is 0 Å². The van der Waals surface area contributed by atoms with Gasteiger partial charge in [0, 0.05) is 37.9 Å². The number of benzene rings is 1. The smallest absolute Gasteiger partial charge is 0.246 e. The van der Waals surface area contributed by atoms with Gasteiger partial charge in [-0.3, -0.25) is 4.79 Å². The Hall–Kier alpha value is -2.24. The van der Waals surface area contributed by atoms with Gasteiger partial charge >= 0.3 is 0 Å². The number of aryl methyl sites for hydroxylation is 1. The summed E-state index contributed by atoms with van der Waals surface area (Å²) in [6.07, 6.45) is 0. The number of halogens is 1. The van der Waals surface area contributed by atoms with Gasteiger partial charge in [-0.15, -0.1) is 0 Å². The highest BCUT2D eigenvalue weighted by Crippen LogP contribution is 2.21. The van der Waals surface area contributed by atoms with Crippen molar-refractivity contribution in [2.45, 2.75) is 17.0 Å². The van der Waals surface area contributed by atoms with Crippen LogP contribution < -0.4 is 5.73 Å². The third-order valence-electron chi connectivity index (χ3n) is 4.22. The third-order valence-corrected chi connectivity index (χ3v) is 6.99. The number of nitrogen functional groups attached to an aromatic ring is 1. The molecule has 0 atom stereocenters. The maximum atomic E-state index is 13.9. The Morgan fingerprint density at radius 3 is 2.54 bits per heavy atom. The van der Waals surface area contributed by atoms with Gasteiger partial charge in [-0.25, -0.2) is 22.8 Å². The molecule has 2 aromatic rings. The van der Waals surface area contributed by atoms with Crippen molar-refractivity contribution >= 4 is 33.5 Å². The molecule has 1 aliphatic rings. The molecule has 1 aliphatic heterocycles. The first-order valence-corrected chi connectivity index (χ1v) is 11.0. The summed E-state index contributed by atoms with van der Waals surface area (Å²) < 4.78 is 40.3. The van der Waals surface area contributed by atoms with Crippen LogP contribution in [-0.4, -0.2) is 65.4 Å². The lowest BCUT2D eigenvalue weighted by Crippen LogP contribution is -2.51. The zero-order valence-electron chi connectivity index (χ0n) is 15.2. The fourth-order valence-electron chi connectivity index (χ4n) is 2.82. The summed E-state index contributed by atoms with van der Waals surface area (Å²) >= 11 is 1.18. The van der Waals surface area contributed by atoms with Crippen LogP contribution >= 0.6 is 11.8 Å². The van der Waals surface area contributed by atoms with Gasteiger partial charge in [0.15, 0.2) is 5.16 Å². The molecule has 0 radical (unpaired) electrons. The average molecular weight is 426 g/mol. The number of thioether (sulfide) groups is 1. The molecule has 1 fully saturated rings. The molecule has 2 heterocycles. The van der Waals surface area contributed by atoms with E-state index >= 15 is 0 Å². The summed E-state index contributed by atoms with van der Waals surface area (Å²) in [4.78, 5) is 21.9. The van der Waals surface area contributed by atoms with Crippen molar-refractivity contribution in [3.8, 4) is 0 Å². The molecule has 28 heavy (non-hydrogen) atoms. The Balaban J connectivity index is 1.57. The van der Waals surface area contributed by atoms with Crippen LogP contribution in [0, 0.1) is 12.7 Å². The Kier molecular flexibility index (Phi) is 6.16. The number of aromatic nitrogens is 2. The maximum absolute atomic E-state index is 13.9. The van der Waals surface area contributed by atoms with E-state index in [0.717, 1.165) is 11.8 Å². The molecular weight excluding hydrogens is 405 g/mol. The van der Waals surface area contributed by atoms with Gasteiger partial charge < -0.3 is 10.6 Å². The number of hydrogen-bond donors (Lipinski definition) is 1. The van der Waals surface area contributed by atoms with Crippen molar-refractivity contribution in [2.75, 3.05) is 37.7 Å². The highest BCUT2D eigenvalue weighted by atomic mass is 32.2. The number of carbonyl (C=O) groups is 1. The van der Waals surface area contributed by atoms with Gasteiger partial charge in [0.2, 0.25) is 15.9 Å². The van der Waals surface area contributed by atoms with Crippen molar-refractivity contribution in [1.82, 2.24) is 19.2 Å². The number of nitrogens with two attached hydrogens (primary N) is 1. The lowest BCUT2D eigenvalue weighted by molar-refractivity contribution is -0.129. The molecule has 0 bridgehead atoms. The standard InChI is InChI=1S/C17H20FN5O3S2/c1-12-10-15(19)21-17(20-12)27-11-16(24)22-6-8-23(9-7-22)28(25,26)14-5-3-2-4-13(14)18/h2-5,10H,6-9,11H2,1H3,(H2,19,20,21). The third kappa shape index (κ3) is 4.59. The number of hydrogen-bond acceptors (Lipinski definition) is 7. The molecule has 1 amide bonds. The summed E-state index contributed by atoms with van der Waals surface area (Å²) in [7, 11) is -3.93. The summed E-state index contributed by atoms with van der Waals surface area (Å²) in [5.41, 5.74) is 6.39. The van der Waals surface area contributed by atoms with E-state index < -0.39 is 15.8 Å². The monoisotopic (exact) mass is 425 g/mol. The molecule has 3 rings (SSSR count). The molecule has 1 aromatic carbocycles. The largest absolute Gasteiger partial charge is 0.384 e.